The number of rotatable bonds is 6. The van der Waals surface area contributed by atoms with Gasteiger partial charge in [0.05, 0.1) is 13.2 Å². The van der Waals surface area contributed by atoms with Crippen LogP contribution in [0.25, 0.3) is 0 Å². The highest BCUT2D eigenvalue weighted by atomic mass is 35.5. The van der Waals surface area contributed by atoms with E-state index in [1.165, 1.54) is 0 Å². The van der Waals surface area contributed by atoms with Gasteiger partial charge in [-0.2, -0.15) is 0 Å². The molecule has 5 heteroatoms. The molecule has 108 valence electrons. The first kappa shape index (κ1) is 15.0. The molecule has 0 aliphatic heterocycles. The average Bonchev–Trinajstić information content (AvgIpc) is 2.86. The predicted molar refractivity (Wildman–Crippen MR) is 78.8 cm³/mol. The molecular weight excluding hydrogens is 276 g/mol. The lowest BCUT2D eigenvalue weighted by Gasteiger charge is -2.30. The number of aryl methyl sites for hydroxylation is 2. The molecule has 0 bridgehead atoms. The van der Waals surface area contributed by atoms with E-state index in [4.69, 9.17) is 11.6 Å². The van der Waals surface area contributed by atoms with Crippen LogP contribution < -0.4 is 0 Å². The molecule has 2 aromatic rings. The highest BCUT2D eigenvalue weighted by Gasteiger charge is 2.31. The molecule has 4 nitrogen and oxygen atoms in total. The maximum Gasteiger partial charge on any atom is 0.108 e. The number of imidazole rings is 1. The van der Waals surface area contributed by atoms with Crippen LogP contribution in [0, 0.1) is 0 Å². The van der Waals surface area contributed by atoms with Crippen molar-refractivity contribution in [2.24, 2.45) is 7.05 Å². The number of aliphatic hydroxyl groups excluding tert-OH is 2. The monoisotopic (exact) mass is 294 g/mol. The van der Waals surface area contributed by atoms with Gasteiger partial charge in [0.1, 0.15) is 5.82 Å². The fourth-order valence-electron chi connectivity index (χ4n) is 2.34. The van der Waals surface area contributed by atoms with E-state index >= 15 is 0 Å². The van der Waals surface area contributed by atoms with E-state index in [1.54, 1.807) is 18.3 Å². The second-order valence-corrected chi connectivity index (χ2v) is 5.50. The van der Waals surface area contributed by atoms with Gasteiger partial charge in [0.15, 0.2) is 0 Å². The van der Waals surface area contributed by atoms with Crippen molar-refractivity contribution in [3.63, 3.8) is 0 Å². The lowest BCUT2D eigenvalue weighted by Crippen LogP contribution is -2.35. The molecule has 0 atom stereocenters. The Morgan fingerprint density at radius 2 is 2.05 bits per heavy atom. The van der Waals surface area contributed by atoms with Crippen LogP contribution in [0.4, 0.5) is 0 Å². The second kappa shape index (κ2) is 6.39. The fraction of sp³-hybridized carbons (Fsp3) is 0.400. The summed E-state index contributed by atoms with van der Waals surface area (Å²) in [7, 11) is 1.93. The van der Waals surface area contributed by atoms with Gasteiger partial charge < -0.3 is 14.8 Å². The molecule has 0 aliphatic rings. The third kappa shape index (κ3) is 3.03. The largest absolute Gasteiger partial charge is 0.395 e. The second-order valence-electron chi connectivity index (χ2n) is 5.06. The summed E-state index contributed by atoms with van der Waals surface area (Å²) in [5.74, 6) is 0.929. The Labute approximate surface area is 123 Å². The summed E-state index contributed by atoms with van der Waals surface area (Å²) in [6.45, 7) is -0.261. The van der Waals surface area contributed by atoms with Crippen LogP contribution in [0.3, 0.4) is 0 Å². The van der Waals surface area contributed by atoms with Crippen molar-refractivity contribution in [3.05, 3.63) is 53.1 Å². The Kier molecular flexibility index (Phi) is 4.81. The van der Waals surface area contributed by atoms with Crippen molar-refractivity contribution in [2.75, 3.05) is 13.2 Å². The Bertz CT molecular complexity index is 565. The molecule has 1 aromatic heterocycles. The summed E-state index contributed by atoms with van der Waals surface area (Å²) >= 11 is 6.01. The van der Waals surface area contributed by atoms with Gasteiger partial charge in [-0.1, -0.05) is 23.7 Å². The molecule has 2 N–H and O–H groups in total. The molecule has 0 fully saturated rings. The molecule has 0 spiro atoms. The number of hydrogen-bond donors (Lipinski definition) is 2. The summed E-state index contributed by atoms with van der Waals surface area (Å²) in [5, 5.41) is 20.2. The van der Waals surface area contributed by atoms with E-state index in [1.807, 2.05) is 29.9 Å². The van der Waals surface area contributed by atoms with Crippen LogP contribution in [0.15, 0.2) is 36.7 Å². The van der Waals surface area contributed by atoms with Crippen LogP contribution in [0.2, 0.25) is 5.02 Å². The molecule has 0 amide bonds. The number of aliphatic hydroxyl groups is 2. The summed E-state index contributed by atoms with van der Waals surface area (Å²) in [6.07, 6.45) is 4.91. The predicted octanol–water partition coefficient (Wildman–Crippen LogP) is 1.93. The van der Waals surface area contributed by atoms with Crippen molar-refractivity contribution < 1.29 is 10.2 Å². The van der Waals surface area contributed by atoms with Gasteiger partial charge in [0.2, 0.25) is 0 Å². The van der Waals surface area contributed by atoms with Crippen LogP contribution in [-0.4, -0.2) is 33.0 Å². The van der Waals surface area contributed by atoms with Crippen LogP contribution in [-0.2, 0) is 18.9 Å². The molecule has 0 aliphatic carbocycles. The average molecular weight is 295 g/mol. The minimum Gasteiger partial charge on any atom is -0.395 e. The smallest absolute Gasteiger partial charge is 0.108 e. The quantitative estimate of drug-likeness (QED) is 0.856. The number of nitrogens with zero attached hydrogens (tertiary/aromatic N) is 2. The van der Waals surface area contributed by atoms with E-state index < -0.39 is 5.41 Å². The zero-order chi connectivity index (χ0) is 14.6. The molecule has 0 radical (unpaired) electrons. The molecule has 0 unspecified atom stereocenters. The van der Waals surface area contributed by atoms with E-state index in [0.29, 0.717) is 17.9 Å². The molecular formula is C15H19ClN2O2. The van der Waals surface area contributed by atoms with Crippen molar-refractivity contribution in [1.82, 2.24) is 9.55 Å². The Morgan fingerprint density at radius 3 is 2.60 bits per heavy atom. The van der Waals surface area contributed by atoms with E-state index in [0.717, 1.165) is 11.4 Å². The maximum absolute atomic E-state index is 9.79. The first-order valence-electron chi connectivity index (χ1n) is 6.55. The lowest BCUT2D eigenvalue weighted by molar-refractivity contribution is 0.109. The number of hydrogen-bond acceptors (Lipinski definition) is 3. The molecule has 2 rings (SSSR count). The first-order chi connectivity index (χ1) is 9.61. The number of benzene rings is 1. The fourth-order valence-corrected chi connectivity index (χ4v) is 2.53. The molecule has 0 saturated carbocycles. The minimum absolute atomic E-state index is 0.131. The van der Waals surface area contributed by atoms with Crippen LogP contribution in [0.5, 0.6) is 0 Å². The molecule has 1 aromatic carbocycles. The zero-order valence-electron chi connectivity index (χ0n) is 11.5. The van der Waals surface area contributed by atoms with Crippen molar-refractivity contribution in [1.29, 1.82) is 0 Å². The molecule has 1 heterocycles. The van der Waals surface area contributed by atoms with Crippen molar-refractivity contribution in [3.8, 4) is 0 Å². The highest BCUT2D eigenvalue weighted by Crippen LogP contribution is 2.30. The lowest BCUT2D eigenvalue weighted by atomic mass is 9.78. The number of halogens is 1. The zero-order valence-corrected chi connectivity index (χ0v) is 12.2. The van der Waals surface area contributed by atoms with Gasteiger partial charge in [-0.25, -0.2) is 4.98 Å². The Balaban J connectivity index is 2.23. The summed E-state index contributed by atoms with van der Waals surface area (Å²) in [5.41, 5.74) is 0.154. The SMILES string of the molecule is Cn1ccnc1CCC(CO)(CO)c1cccc(Cl)c1. The topological polar surface area (TPSA) is 58.3 Å². The molecule has 0 saturated heterocycles. The summed E-state index contributed by atoms with van der Waals surface area (Å²) in [4.78, 5) is 4.27. The number of aromatic nitrogens is 2. The summed E-state index contributed by atoms with van der Waals surface area (Å²) < 4.78 is 1.94. The first-order valence-corrected chi connectivity index (χ1v) is 6.93. The van der Waals surface area contributed by atoms with Gasteiger partial charge in [0.25, 0.3) is 0 Å². The molecule has 20 heavy (non-hydrogen) atoms. The third-order valence-corrected chi connectivity index (χ3v) is 4.03. The van der Waals surface area contributed by atoms with Gasteiger partial charge in [-0.3, -0.25) is 0 Å². The van der Waals surface area contributed by atoms with E-state index in [-0.39, 0.29) is 13.2 Å². The van der Waals surface area contributed by atoms with E-state index in [9.17, 15) is 10.2 Å². The van der Waals surface area contributed by atoms with Crippen LogP contribution in [0.1, 0.15) is 17.8 Å². The normalized spacial score (nSPS) is 11.8. The van der Waals surface area contributed by atoms with Crippen molar-refractivity contribution >= 4 is 11.6 Å². The van der Waals surface area contributed by atoms with Gasteiger partial charge in [0, 0.05) is 36.3 Å². The third-order valence-electron chi connectivity index (χ3n) is 3.79. The maximum atomic E-state index is 9.79. The van der Waals surface area contributed by atoms with E-state index in [2.05, 4.69) is 4.98 Å². The Hall–Kier alpha value is -1.36. The standard InChI is InChI=1S/C15H19ClN2O2/c1-18-8-7-17-14(18)5-6-15(10-19,11-20)12-3-2-4-13(16)9-12/h2-4,7-9,19-20H,5-6,10-11H2,1H3. The van der Waals surface area contributed by atoms with Gasteiger partial charge >= 0.3 is 0 Å². The van der Waals surface area contributed by atoms with Gasteiger partial charge in [-0.15, -0.1) is 0 Å². The highest BCUT2D eigenvalue weighted by molar-refractivity contribution is 6.30. The van der Waals surface area contributed by atoms with Crippen LogP contribution >= 0.6 is 11.6 Å². The summed E-state index contributed by atoms with van der Waals surface area (Å²) in [6, 6.07) is 7.30. The minimum atomic E-state index is -0.698. The Morgan fingerprint density at radius 1 is 1.30 bits per heavy atom. The van der Waals surface area contributed by atoms with Gasteiger partial charge in [-0.05, 0) is 24.1 Å². The van der Waals surface area contributed by atoms with Crippen molar-refractivity contribution in [2.45, 2.75) is 18.3 Å².